The number of hydrogen-bond acceptors (Lipinski definition) is 3. The Kier molecular flexibility index (Phi) is 4.93. The first kappa shape index (κ1) is 20.0. The van der Waals surface area contributed by atoms with Gasteiger partial charge in [-0.25, -0.2) is 4.79 Å². The van der Waals surface area contributed by atoms with Crippen molar-refractivity contribution in [2.45, 2.75) is 43.9 Å². The third kappa shape index (κ3) is 3.37. The molecule has 0 amide bonds. The number of carboxylic acids is 1. The van der Waals surface area contributed by atoms with Gasteiger partial charge in [0.1, 0.15) is 16.9 Å². The van der Waals surface area contributed by atoms with Crippen molar-refractivity contribution in [2.75, 3.05) is 14.2 Å². The summed E-state index contributed by atoms with van der Waals surface area (Å²) >= 11 is 0. The van der Waals surface area contributed by atoms with Crippen LogP contribution >= 0.6 is 0 Å². The van der Waals surface area contributed by atoms with Gasteiger partial charge in [-0.05, 0) is 79.9 Å². The van der Waals surface area contributed by atoms with Crippen LogP contribution in [0.5, 0.6) is 11.5 Å². The quantitative estimate of drug-likeness (QED) is 0.690. The minimum atomic E-state index is -0.992. The molecule has 0 saturated heterocycles. The van der Waals surface area contributed by atoms with Gasteiger partial charge >= 0.3 is 5.97 Å². The summed E-state index contributed by atoms with van der Waals surface area (Å²) in [5.74, 6) is 8.58. The summed E-state index contributed by atoms with van der Waals surface area (Å²) < 4.78 is 11.5. The zero-order valence-electron chi connectivity index (χ0n) is 18.1. The Hall–Kier alpha value is -2.93. The predicted octanol–water partition coefficient (Wildman–Crippen LogP) is 5.27. The lowest BCUT2D eigenvalue weighted by Crippen LogP contribution is -2.48. The summed E-state index contributed by atoms with van der Waals surface area (Å²) in [4.78, 5) is 12.2. The van der Waals surface area contributed by atoms with Gasteiger partial charge in [0.15, 0.2) is 5.75 Å². The monoisotopic (exact) mass is 416 g/mol. The number of methoxy groups -OCH3 is 2. The summed E-state index contributed by atoms with van der Waals surface area (Å²) in [7, 11) is 3.16. The van der Waals surface area contributed by atoms with E-state index in [0.717, 1.165) is 48.1 Å². The molecule has 2 aromatic rings. The predicted molar refractivity (Wildman–Crippen MR) is 119 cm³/mol. The zero-order chi connectivity index (χ0) is 21.6. The molecule has 0 radical (unpaired) electrons. The molecule has 1 N–H and O–H groups in total. The normalized spacial score (nSPS) is 28.0. The number of rotatable bonds is 4. The average Bonchev–Trinajstić information content (AvgIpc) is 2.76. The summed E-state index contributed by atoms with van der Waals surface area (Å²) in [5, 5.41) is 10.0. The van der Waals surface area contributed by atoms with Crippen LogP contribution in [0.1, 0.15) is 65.6 Å². The molecule has 6 rings (SSSR count). The van der Waals surface area contributed by atoms with Crippen LogP contribution in [0.25, 0.3) is 0 Å². The fourth-order valence-corrected chi connectivity index (χ4v) is 6.83. The van der Waals surface area contributed by atoms with E-state index in [4.69, 9.17) is 9.47 Å². The van der Waals surface area contributed by atoms with E-state index in [-0.39, 0.29) is 16.7 Å². The molecule has 4 nitrogen and oxygen atoms in total. The molecule has 0 atom stereocenters. The molecule has 0 spiro atoms. The number of aromatic carboxylic acids is 1. The van der Waals surface area contributed by atoms with Crippen LogP contribution in [0.3, 0.4) is 0 Å². The Morgan fingerprint density at radius 3 is 2.03 bits per heavy atom. The first-order valence-corrected chi connectivity index (χ1v) is 11.1. The fourth-order valence-electron chi connectivity index (χ4n) is 6.83. The highest BCUT2D eigenvalue weighted by Gasteiger charge is 2.53. The molecule has 0 aliphatic heterocycles. The molecule has 2 aromatic carbocycles. The molecule has 4 heteroatoms. The van der Waals surface area contributed by atoms with Crippen molar-refractivity contribution in [3.05, 3.63) is 58.7 Å². The molecule has 0 heterocycles. The van der Waals surface area contributed by atoms with Gasteiger partial charge in [-0.3, -0.25) is 0 Å². The van der Waals surface area contributed by atoms with Crippen molar-refractivity contribution in [1.82, 2.24) is 0 Å². The maximum Gasteiger partial charge on any atom is 0.339 e. The Balaban J connectivity index is 1.72. The van der Waals surface area contributed by atoms with Crippen molar-refractivity contribution in [2.24, 2.45) is 17.8 Å². The molecule has 4 aliphatic carbocycles. The number of benzene rings is 2. The van der Waals surface area contributed by atoms with Crippen molar-refractivity contribution >= 4 is 5.97 Å². The second-order valence-electron chi connectivity index (χ2n) is 9.53. The number of carboxylic acid groups (broad SMARTS) is 1. The molecule has 4 aliphatic rings. The first-order chi connectivity index (χ1) is 15.0. The molecule has 4 bridgehead atoms. The van der Waals surface area contributed by atoms with E-state index in [1.165, 1.54) is 26.4 Å². The largest absolute Gasteiger partial charge is 0.495 e. The fraction of sp³-hybridized carbons (Fsp3) is 0.444. The average molecular weight is 417 g/mol. The molecule has 4 saturated carbocycles. The van der Waals surface area contributed by atoms with Gasteiger partial charge in [0.05, 0.1) is 14.2 Å². The lowest BCUT2D eigenvalue weighted by molar-refractivity contribution is -0.00622. The third-order valence-electron chi connectivity index (χ3n) is 7.59. The molecule has 0 unspecified atom stereocenters. The van der Waals surface area contributed by atoms with Crippen molar-refractivity contribution in [3.63, 3.8) is 0 Å². The number of hydrogen-bond donors (Lipinski definition) is 1. The van der Waals surface area contributed by atoms with Gasteiger partial charge in [-0.15, -0.1) is 0 Å². The maximum atomic E-state index is 12.2. The highest BCUT2D eigenvalue weighted by molar-refractivity contribution is 5.93. The third-order valence-corrected chi connectivity index (χ3v) is 7.59. The summed E-state index contributed by atoms with van der Waals surface area (Å²) in [6, 6.07) is 11.5. The Morgan fingerprint density at radius 2 is 1.52 bits per heavy atom. The van der Waals surface area contributed by atoms with E-state index >= 15 is 0 Å². The number of carbonyl (C=O) groups is 1. The van der Waals surface area contributed by atoms with Crippen LogP contribution in [0.4, 0.5) is 0 Å². The van der Waals surface area contributed by atoms with Crippen LogP contribution in [0, 0.1) is 29.6 Å². The van der Waals surface area contributed by atoms with E-state index < -0.39 is 5.97 Å². The SMILES string of the molecule is COc1c(C(=O)O)cc(C23CC4CC(CC(C4)C2)C3)c(OC)c1C#Cc1ccccc1. The smallest absolute Gasteiger partial charge is 0.339 e. The van der Waals surface area contributed by atoms with Gasteiger partial charge in [0, 0.05) is 11.1 Å². The molecule has 160 valence electrons. The van der Waals surface area contributed by atoms with E-state index in [9.17, 15) is 9.90 Å². The maximum absolute atomic E-state index is 12.2. The number of ether oxygens (including phenoxy) is 2. The minimum Gasteiger partial charge on any atom is -0.495 e. The standard InChI is InChI=1S/C27H28O4/c1-30-24-21(9-8-17-6-4-3-5-7-17)25(31-2)23(13-22(24)26(28)29)27-14-18-10-19(15-27)12-20(11-18)16-27/h3-7,13,18-20H,10-12,14-16H2,1-2H3,(H,28,29). The first-order valence-electron chi connectivity index (χ1n) is 11.1. The minimum absolute atomic E-state index is 0.0141. The van der Waals surface area contributed by atoms with E-state index in [1.807, 2.05) is 36.4 Å². The molecular weight excluding hydrogens is 388 g/mol. The lowest BCUT2D eigenvalue weighted by atomic mass is 9.48. The molecule has 0 aromatic heterocycles. The molecule has 31 heavy (non-hydrogen) atoms. The Labute approximate surface area is 183 Å². The van der Waals surface area contributed by atoms with Gasteiger partial charge in [-0.1, -0.05) is 30.0 Å². The summed E-state index contributed by atoms with van der Waals surface area (Å²) in [5.41, 5.74) is 2.58. The van der Waals surface area contributed by atoms with Crippen molar-refractivity contribution in [3.8, 4) is 23.3 Å². The second kappa shape index (κ2) is 7.64. The van der Waals surface area contributed by atoms with Gasteiger partial charge in [0.2, 0.25) is 0 Å². The Bertz CT molecular complexity index is 1040. The van der Waals surface area contributed by atoms with Crippen molar-refractivity contribution < 1.29 is 19.4 Å². The molecule has 4 fully saturated rings. The van der Waals surface area contributed by atoms with E-state index in [1.54, 1.807) is 7.11 Å². The van der Waals surface area contributed by atoms with Crippen LogP contribution in [0.15, 0.2) is 36.4 Å². The van der Waals surface area contributed by atoms with Crippen LogP contribution < -0.4 is 9.47 Å². The van der Waals surface area contributed by atoms with Crippen LogP contribution in [-0.2, 0) is 5.41 Å². The van der Waals surface area contributed by atoms with Crippen LogP contribution in [0.2, 0.25) is 0 Å². The zero-order valence-corrected chi connectivity index (χ0v) is 18.1. The second-order valence-corrected chi connectivity index (χ2v) is 9.53. The van der Waals surface area contributed by atoms with Gasteiger partial charge in [-0.2, -0.15) is 0 Å². The topological polar surface area (TPSA) is 55.8 Å². The van der Waals surface area contributed by atoms with E-state index in [2.05, 4.69) is 11.8 Å². The van der Waals surface area contributed by atoms with Crippen LogP contribution in [-0.4, -0.2) is 25.3 Å². The molecular formula is C27H28O4. The summed E-state index contributed by atoms with van der Waals surface area (Å²) in [6.07, 6.45) is 7.32. The van der Waals surface area contributed by atoms with E-state index in [0.29, 0.717) is 11.3 Å². The van der Waals surface area contributed by atoms with Gasteiger partial charge < -0.3 is 14.6 Å². The highest BCUT2D eigenvalue weighted by Crippen LogP contribution is 2.62. The lowest BCUT2D eigenvalue weighted by Gasteiger charge is -2.57. The van der Waals surface area contributed by atoms with Gasteiger partial charge in [0.25, 0.3) is 0 Å². The van der Waals surface area contributed by atoms with Crippen molar-refractivity contribution in [1.29, 1.82) is 0 Å². The Morgan fingerprint density at radius 1 is 0.935 bits per heavy atom. The summed E-state index contributed by atoms with van der Waals surface area (Å²) in [6.45, 7) is 0. The highest BCUT2D eigenvalue weighted by atomic mass is 16.5.